The molecule has 2 rings (SSSR count). The van der Waals surface area contributed by atoms with Crippen molar-refractivity contribution < 1.29 is 50.5 Å². The maximum absolute atomic E-state index is 15.2. The average molecular weight is 633 g/mol. The Labute approximate surface area is 252 Å². The van der Waals surface area contributed by atoms with E-state index in [9.17, 15) is 27.6 Å². The van der Waals surface area contributed by atoms with E-state index in [1.54, 1.807) is 44.2 Å². The summed E-state index contributed by atoms with van der Waals surface area (Å²) in [7, 11) is 0. The summed E-state index contributed by atoms with van der Waals surface area (Å²) in [5.41, 5.74) is 1.73. The predicted molar refractivity (Wildman–Crippen MR) is 148 cm³/mol. The number of carbonyl (C=O) groups is 3. The van der Waals surface area contributed by atoms with Crippen molar-refractivity contribution in [2.24, 2.45) is 5.73 Å². The Morgan fingerprint density at radius 2 is 1.43 bits per heavy atom. The molecule has 44 heavy (non-hydrogen) atoms. The topological polar surface area (TPSA) is 132 Å². The lowest BCUT2D eigenvalue weighted by Gasteiger charge is -2.39. The number of nitrogens with one attached hydrogen (secondary N) is 2. The standard InChI is InChI=1S/C29H37F5N4O6/c1-6-42-19(43-7-2)14-38(16(3)4)27(40)29(5,20-21(30)23(32)25(34)24(33)22(20)31)37-26(39)18(13-35)36-28(41)44-15-17-11-9-8-10-12-17/h8-12,16,18-19H,6-7,13-15,35H2,1-5H3,(H,36,41)(H,37,39). The molecule has 0 spiro atoms. The molecule has 0 fully saturated rings. The van der Waals surface area contributed by atoms with Crippen LogP contribution in [0, 0.1) is 29.1 Å². The number of alkyl carbamates (subject to hydrolysis) is 1. The van der Waals surface area contributed by atoms with Crippen LogP contribution in [0.5, 0.6) is 0 Å². The van der Waals surface area contributed by atoms with Gasteiger partial charge in [-0.25, -0.2) is 26.7 Å². The third-order valence-corrected chi connectivity index (χ3v) is 6.50. The van der Waals surface area contributed by atoms with Crippen LogP contribution in [0.25, 0.3) is 0 Å². The van der Waals surface area contributed by atoms with Crippen LogP contribution in [0.1, 0.15) is 45.7 Å². The first-order chi connectivity index (χ1) is 20.7. The number of benzene rings is 2. The molecule has 2 atom stereocenters. The van der Waals surface area contributed by atoms with Crippen LogP contribution in [0.15, 0.2) is 30.3 Å². The highest BCUT2D eigenvalue weighted by Crippen LogP contribution is 2.34. The van der Waals surface area contributed by atoms with E-state index in [2.05, 4.69) is 10.6 Å². The van der Waals surface area contributed by atoms with Crippen LogP contribution in [0.4, 0.5) is 26.7 Å². The molecule has 0 bridgehead atoms. The molecule has 0 aromatic heterocycles. The third kappa shape index (κ3) is 8.64. The zero-order chi connectivity index (χ0) is 33.2. The number of hydrogen-bond acceptors (Lipinski definition) is 7. The quantitative estimate of drug-likeness (QED) is 0.118. The fraction of sp³-hybridized carbons (Fsp3) is 0.483. The molecular formula is C29H37F5N4O6. The van der Waals surface area contributed by atoms with E-state index in [0.717, 1.165) is 11.8 Å². The molecule has 0 aliphatic carbocycles. The number of rotatable bonds is 15. The highest BCUT2D eigenvalue weighted by Gasteiger charge is 2.48. The van der Waals surface area contributed by atoms with Crippen molar-refractivity contribution in [3.05, 3.63) is 70.5 Å². The predicted octanol–water partition coefficient (Wildman–Crippen LogP) is 3.60. The van der Waals surface area contributed by atoms with E-state index < -0.39 is 83.0 Å². The molecule has 244 valence electrons. The lowest BCUT2D eigenvalue weighted by Crippen LogP contribution is -2.62. The van der Waals surface area contributed by atoms with E-state index in [1.165, 1.54) is 13.8 Å². The van der Waals surface area contributed by atoms with E-state index in [-0.39, 0.29) is 26.4 Å². The maximum atomic E-state index is 15.2. The normalized spacial score (nSPS) is 13.4. The second-order valence-electron chi connectivity index (χ2n) is 9.95. The number of nitrogens with zero attached hydrogens (tertiary/aromatic N) is 1. The number of halogens is 5. The first kappa shape index (κ1) is 36.4. The van der Waals surface area contributed by atoms with Crippen LogP contribution >= 0.6 is 0 Å². The van der Waals surface area contributed by atoms with Crippen molar-refractivity contribution in [2.45, 2.75) is 65.1 Å². The molecule has 15 heteroatoms. The Hall–Kier alpha value is -3.82. The SMILES string of the molecule is CCOC(CN(C(=O)C(C)(NC(=O)C(CN)NC(=O)OCc1ccccc1)c1c(F)c(F)c(F)c(F)c1F)C(C)C)OCC. The first-order valence-corrected chi connectivity index (χ1v) is 13.8. The molecule has 0 aliphatic heterocycles. The largest absolute Gasteiger partial charge is 0.445 e. The Bertz CT molecular complexity index is 1270. The number of hydrogen-bond donors (Lipinski definition) is 3. The Kier molecular flexibility index (Phi) is 13.5. The minimum absolute atomic E-state index is 0.153. The summed E-state index contributed by atoms with van der Waals surface area (Å²) in [6.07, 6.45) is -2.14. The molecule has 0 heterocycles. The van der Waals surface area contributed by atoms with Crippen molar-refractivity contribution in [1.29, 1.82) is 0 Å². The Morgan fingerprint density at radius 1 is 0.909 bits per heavy atom. The summed E-state index contributed by atoms with van der Waals surface area (Å²) in [5.74, 6) is -14.3. The van der Waals surface area contributed by atoms with Gasteiger partial charge in [0.15, 0.2) is 29.6 Å². The van der Waals surface area contributed by atoms with Crippen LogP contribution in [0.3, 0.4) is 0 Å². The summed E-state index contributed by atoms with van der Waals surface area (Å²) in [6.45, 7) is 6.29. The summed E-state index contributed by atoms with van der Waals surface area (Å²) >= 11 is 0. The molecule has 0 saturated heterocycles. The van der Waals surface area contributed by atoms with Gasteiger partial charge < -0.3 is 35.5 Å². The van der Waals surface area contributed by atoms with Gasteiger partial charge in [0, 0.05) is 25.8 Å². The lowest BCUT2D eigenvalue weighted by molar-refractivity contribution is -0.166. The highest BCUT2D eigenvalue weighted by molar-refractivity contribution is 5.95. The van der Waals surface area contributed by atoms with E-state index in [0.29, 0.717) is 5.56 Å². The molecule has 2 aromatic carbocycles. The highest BCUT2D eigenvalue weighted by atomic mass is 19.2. The summed E-state index contributed by atoms with van der Waals surface area (Å²) in [4.78, 5) is 40.8. The van der Waals surface area contributed by atoms with Crippen LogP contribution in [-0.2, 0) is 35.9 Å². The van der Waals surface area contributed by atoms with Crippen LogP contribution < -0.4 is 16.4 Å². The van der Waals surface area contributed by atoms with Crippen molar-refractivity contribution >= 4 is 17.9 Å². The number of nitrogens with two attached hydrogens (primary N) is 1. The van der Waals surface area contributed by atoms with Gasteiger partial charge in [0.25, 0.3) is 5.91 Å². The molecule has 2 aromatic rings. The second-order valence-corrected chi connectivity index (χ2v) is 9.95. The summed E-state index contributed by atoms with van der Waals surface area (Å²) < 4.78 is 89.2. The Morgan fingerprint density at radius 3 is 1.91 bits per heavy atom. The van der Waals surface area contributed by atoms with Gasteiger partial charge in [-0.15, -0.1) is 0 Å². The van der Waals surface area contributed by atoms with Crippen LogP contribution in [0.2, 0.25) is 0 Å². The third-order valence-electron chi connectivity index (χ3n) is 6.50. The number of amides is 3. The van der Waals surface area contributed by atoms with Crippen molar-refractivity contribution in [2.75, 3.05) is 26.3 Å². The van der Waals surface area contributed by atoms with Gasteiger partial charge in [0.1, 0.15) is 18.2 Å². The molecule has 0 radical (unpaired) electrons. The van der Waals surface area contributed by atoms with Gasteiger partial charge in [-0.05, 0) is 40.2 Å². The monoisotopic (exact) mass is 632 g/mol. The zero-order valence-corrected chi connectivity index (χ0v) is 25.0. The van der Waals surface area contributed by atoms with Gasteiger partial charge in [0.2, 0.25) is 11.7 Å². The fourth-order valence-corrected chi connectivity index (χ4v) is 4.24. The molecular weight excluding hydrogens is 595 g/mol. The smallest absolute Gasteiger partial charge is 0.408 e. The number of ether oxygens (including phenoxy) is 3. The maximum Gasteiger partial charge on any atom is 0.408 e. The van der Waals surface area contributed by atoms with Crippen molar-refractivity contribution in [1.82, 2.24) is 15.5 Å². The summed E-state index contributed by atoms with van der Waals surface area (Å²) in [6, 6.07) is 6.09. The Balaban J connectivity index is 2.53. The van der Waals surface area contributed by atoms with E-state index in [1.807, 2.05) is 0 Å². The van der Waals surface area contributed by atoms with Gasteiger partial charge >= 0.3 is 6.09 Å². The summed E-state index contributed by atoms with van der Waals surface area (Å²) in [5, 5.41) is 4.24. The number of carbonyl (C=O) groups excluding carboxylic acids is 3. The molecule has 3 amide bonds. The minimum atomic E-state index is -2.92. The fourth-order valence-electron chi connectivity index (χ4n) is 4.24. The van der Waals surface area contributed by atoms with Gasteiger partial charge in [-0.2, -0.15) is 0 Å². The molecule has 0 aliphatic rings. The lowest BCUT2D eigenvalue weighted by atomic mass is 9.87. The van der Waals surface area contributed by atoms with Gasteiger partial charge in [-0.1, -0.05) is 30.3 Å². The van der Waals surface area contributed by atoms with E-state index >= 15 is 8.78 Å². The minimum Gasteiger partial charge on any atom is -0.445 e. The molecule has 4 N–H and O–H groups in total. The molecule has 0 saturated carbocycles. The average Bonchev–Trinajstić information content (AvgIpc) is 2.99. The molecule has 2 unspecified atom stereocenters. The van der Waals surface area contributed by atoms with E-state index in [4.69, 9.17) is 19.9 Å². The van der Waals surface area contributed by atoms with Crippen LogP contribution in [-0.4, -0.2) is 67.5 Å². The zero-order valence-electron chi connectivity index (χ0n) is 25.0. The van der Waals surface area contributed by atoms with Crippen molar-refractivity contribution in [3.63, 3.8) is 0 Å². The first-order valence-electron chi connectivity index (χ1n) is 13.8. The molecule has 10 nitrogen and oxygen atoms in total. The van der Waals surface area contributed by atoms with Gasteiger partial charge in [-0.3, -0.25) is 9.59 Å². The second kappa shape index (κ2) is 16.3. The van der Waals surface area contributed by atoms with Gasteiger partial charge in [0.05, 0.1) is 12.1 Å². The van der Waals surface area contributed by atoms with Crippen molar-refractivity contribution in [3.8, 4) is 0 Å².